The minimum Gasteiger partial charge on any atom is -0.493 e. The zero-order chi connectivity index (χ0) is 48.2. The molecule has 9 rings (SSSR count). The first kappa shape index (κ1) is 48.3. The van der Waals surface area contributed by atoms with Crippen LogP contribution in [0, 0.1) is 11.6 Å². The summed E-state index contributed by atoms with van der Waals surface area (Å²) in [6.45, 7) is 10.6. The number of anilines is 1. The van der Waals surface area contributed by atoms with Crippen LogP contribution < -0.4 is 19.7 Å². The number of nitrogens with zero attached hydrogens (tertiary/aromatic N) is 7. The van der Waals surface area contributed by atoms with E-state index in [1.807, 2.05) is 0 Å². The van der Waals surface area contributed by atoms with E-state index in [4.69, 9.17) is 31.0 Å². The number of hydrogen-bond donors (Lipinski definition) is 1. The van der Waals surface area contributed by atoms with Crippen LogP contribution in [0.1, 0.15) is 98.0 Å². The number of halogens is 3. The van der Waals surface area contributed by atoms with Crippen LogP contribution in [0.3, 0.4) is 0 Å². The Morgan fingerprint density at radius 2 is 1.68 bits per heavy atom. The molecular formula is C52H61ClF2N8O6. The van der Waals surface area contributed by atoms with Crippen LogP contribution in [-0.4, -0.2) is 138 Å². The number of rotatable bonds is 17. The Labute approximate surface area is 406 Å². The van der Waals surface area contributed by atoms with Crippen LogP contribution in [0.4, 0.5) is 14.6 Å². The van der Waals surface area contributed by atoms with Crippen molar-refractivity contribution in [3.05, 3.63) is 88.5 Å². The largest absolute Gasteiger partial charge is 0.493 e. The number of unbranched alkanes of at least 4 members (excludes halogenated alkanes) is 4. The number of carbonyl (C=O) groups is 4. The number of hydrogen-bond acceptors (Lipinski definition) is 11. The third-order valence-corrected chi connectivity index (χ3v) is 15.0. The van der Waals surface area contributed by atoms with Crippen molar-refractivity contribution < 1.29 is 37.4 Å². The van der Waals surface area contributed by atoms with E-state index in [1.165, 1.54) is 23.1 Å². The summed E-state index contributed by atoms with van der Waals surface area (Å²) in [6, 6.07) is 11.0. The number of ether oxygens (including phenoxy) is 2. The van der Waals surface area contributed by atoms with Crippen LogP contribution in [0.25, 0.3) is 22.0 Å². The van der Waals surface area contributed by atoms with Gasteiger partial charge in [-0.25, -0.2) is 8.78 Å². The quantitative estimate of drug-likeness (QED) is 0.0639. The standard InChI is InChI=1S/C52H61ClF2N8O6/c1-3-47(65)61-22-24-62(25-23-61)49-39-29-41(53)38(30-43(39)56-52(58-49)69-32-35-11-10-18-59(35)2)48-42(55)12-9-13-45(48)68-26-8-6-4-5-7-19-60-20-16-33(17-21-60)36-27-34(54)28-37-40(36)31-63(51(37)67)44-14-15-46(64)57-50(44)66/h3,9,12-13,27-30,33,35,44H,1,4-8,10-11,14-26,31-32H2,2H3,(H,57,64,66)/t35-,44?/m0/s1. The number of aromatic nitrogens is 2. The predicted molar refractivity (Wildman–Crippen MR) is 260 cm³/mol. The van der Waals surface area contributed by atoms with Crippen LogP contribution in [-0.2, 0) is 20.9 Å². The minimum absolute atomic E-state index is 0.108. The van der Waals surface area contributed by atoms with Crippen molar-refractivity contribution in [3.63, 3.8) is 0 Å². The first-order valence-corrected chi connectivity index (χ1v) is 24.9. The highest BCUT2D eigenvalue weighted by molar-refractivity contribution is 6.34. The molecule has 0 spiro atoms. The van der Waals surface area contributed by atoms with E-state index < -0.39 is 23.6 Å². The van der Waals surface area contributed by atoms with Gasteiger partial charge in [0.1, 0.15) is 35.9 Å². The second-order valence-electron chi connectivity index (χ2n) is 19.0. The average molecular weight is 968 g/mol. The van der Waals surface area contributed by atoms with Crippen molar-refractivity contribution in [1.29, 1.82) is 0 Å². The van der Waals surface area contributed by atoms with Crippen molar-refractivity contribution in [2.75, 3.05) is 77.5 Å². The molecule has 4 fully saturated rings. The number of amides is 4. The lowest BCUT2D eigenvalue weighted by molar-refractivity contribution is -0.137. The molecule has 0 saturated carbocycles. The van der Waals surface area contributed by atoms with Crippen LogP contribution in [0.5, 0.6) is 11.8 Å². The summed E-state index contributed by atoms with van der Waals surface area (Å²) in [5, 5.41) is 3.37. The zero-order valence-electron chi connectivity index (χ0n) is 39.3. The Bertz CT molecular complexity index is 2600. The average Bonchev–Trinajstić information content (AvgIpc) is 3.92. The molecule has 4 amide bonds. The Balaban J connectivity index is 0.772. The van der Waals surface area contributed by atoms with Gasteiger partial charge in [0.15, 0.2) is 0 Å². The van der Waals surface area contributed by atoms with Gasteiger partial charge in [0, 0.05) is 66.7 Å². The molecule has 6 heterocycles. The molecule has 0 radical (unpaired) electrons. The van der Waals surface area contributed by atoms with Gasteiger partial charge in [-0.1, -0.05) is 43.5 Å². The summed E-state index contributed by atoms with van der Waals surface area (Å²) in [5.74, 6) is -1.00. The maximum atomic E-state index is 15.9. The highest BCUT2D eigenvalue weighted by atomic mass is 35.5. The Hall–Kier alpha value is -5.71. The second kappa shape index (κ2) is 21.5. The zero-order valence-corrected chi connectivity index (χ0v) is 40.1. The molecule has 14 nitrogen and oxygen atoms in total. The lowest BCUT2D eigenvalue weighted by Gasteiger charge is -2.35. The topological polar surface area (TPSA) is 141 Å². The monoisotopic (exact) mass is 966 g/mol. The van der Waals surface area contributed by atoms with Crippen molar-refractivity contribution in [3.8, 4) is 22.9 Å². The molecule has 5 aliphatic heterocycles. The molecule has 1 aromatic heterocycles. The van der Waals surface area contributed by atoms with Gasteiger partial charge in [0.25, 0.3) is 5.91 Å². The van der Waals surface area contributed by atoms with Gasteiger partial charge in [0.05, 0.1) is 17.7 Å². The number of carbonyl (C=O) groups excluding carboxylic acids is 4. The molecule has 1 unspecified atom stereocenters. The highest BCUT2D eigenvalue weighted by Gasteiger charge is 2.41. The molecule has 366 valence electrons. The molecule has 0 bridgehead atoms. The maximum absolute atomic E-state index is 15.9. The molecule has 69 heavy (non-hydrogen) atoms. The van der Waals surface area contributed by atoms with Gasteiger partial charge in [-0.15, -0.1) is 0 Å². The molecule has 5 aliphatic rings. The van der Waals surface area contributed by atoms with E-state index in [2.05, 4.69) is 33.6 Å². The van der Waals surface area contributed by atoms with Crippen molar-refractivity contribution in [2.24, 2.45) is 0 Å². The molecule has 3 aromatic carbocycles. The van der Waals surface area contributed by atoms with Gasteiger partial charge in [0.2, 0.25) is 17.7 Å². The van der Waals surface area contributed by atoms with Gasteiger partial charge in [-0.2, -0.15) is 9.97 Å². The van der Waals surface area contributed by atoms with Gasteiger partial charge in [-0.3, -0.25) is 24.5 Å². The lowest BCUT2D eigenvalue weighted by atomic mass is 9.85. The Morgan fingerprint density at radius 3 is 2.43 bits per heavy atom. The molecule has 4 aromatic rings. The maximum Gasteiger partial charge on any atom is 0.319 e. The summed E-state index contributed by atoms with van der Waals surface area (Å²) < 4.78 is 43.3. The number of piperazine rings is 1. The van der Waals surface area contributed by atoms with E-state index in [0.29, 0.717) is 78.0 Å². The van der Waals surface area contributed by atoms with E-state index in [0.717, 1.165) is 95.1 Å². The van der Waals surface area contributed by atoms with Crippen LogP contribution in [0.2, 0.25) is 5.02 Å². The summed E-state index contributed by atoms with van der Waals surface area (Å²) in [7, 11) is 2.09. The van der Waals surface area contributed by atoms with Gasteiger partial charge in [-0.05, 0) is 138 Å². The van der Waals surface area contributed by atoms with Crippen molar-refractivity contribution in [2.45, 2.75) is 95.2 Å². The highest BCUT2D eigenvalue weighted by Crippen LogP contribution is 2.42. The first-order valence-electron chi connectivity index (χ1n) is 24.6. The van der Waals surface area contributed by atoms with Crippen molar-refractivity contribution in [1.82, 2.24) is 34.9 Å². The van der Waals surface area contributed by atoms with E-state index in [-0.39, 0.29) is 60.6 Å². The number of fused-ring (bicyclic) bond motifs is 2. The summed E-state index contributed by atoms with van der Waals surface area (Å²) in [6.07, 6.45) is 10.5. The minimum atomic E-state index is -0.733. The second-order valence-corrected chi connectivity index (χ2v) is 19.5. The van der Waals surface area contributed by atoms with Crippen LogP contribution in [0.15, 0.2) is 55.1 Å². The third-order valence-electron chi connectivity index (χ3n) is 14.7. The number of benzene rings is 3. The Kier molecular flexibility index (Phi) is 15.1. The SMILES string of the molecule is C=CC(=O)N1CCN(c2nc(OC[C@@H]3CCCN3C)nc3cc(-c4c(F)cccc4OCCCCCCCN4CCC(c5cc(F)cc6c5CN(C5CCC(=O)NC5=O)C6=O)CC4)c(Cl)cc23)CC1. The molecule has 4 saturated heterocycles. The number of piperidine rings is 2. The molecule has 1 N–H and O–H groups in total. The summed E-state index contributed by atoms with van der Waals surface area (Å²) >= 11 is 7.02. The number of nitrogens with one attached hydrogen (secondary N) is 1. The van der Waals surface area contributed by atoms with Crippen LogP contribution >= 0.6 is 11.6 Å². The first-order chi connectivity index (χ1) is 33.4. The van der Waals surface area contributed by atoms with Gasteiger partial charge >= 0.3 is 6.01 Å². The smallest absolute Gasteiger partial charge is 0.319 e. The van der Waals surface area contributed by atoms with Gasteiger partial charge < -0.3 is 34.0 Å². The predicted octanol–water partition coefficient (Wildman–Crippen LogP) is 7.51. The number of likely N-dealkylation sites (N-methyl/N-ethyl adjacent to an activating group) is 1. The van der Waals surface area contributed by atoms with E-state index >= 15 is 4.39 Å². The fourth-order valence-electron chi connectivity index (χ4n) is 10.8. The lowest BCUT2D eigenvalue weighted by Crippen LogP contribution is -2.52. The number of likely N-dealkylation sites (tertiary alicyclic amines) is 2. The summed E-state index contributed by atoms with van der Waals surface area (Å²) in [4.78, 5) is 69.8. The molecular weight excluding hydrogens is 906 g/mol. The van der Waals surface area contributed by atoms with E-state index in [1.54, 1.807) is 35.2 Å². The molecule has 0 aliphatic carbocycles. The molecule has 2 atom stereocenters. The van der Waals surface area contributed by atoms with Crippen molar-refractivity contribution >= 4 is 52.0 Å². The fraction of sp³-hybridized carbons (Fsp3) is 0.500. The molecule has 17 heteroatoms. The summed E-state index contributed by atoms with van der Waals surface area (Å²) in [5.41, 5.74) is 3.28. The third kappa shape index (κ3) is 10.7. The Morgan fingerprint density at radius 1 is 0.899 bits per heavy atom. The normalized spacial score (nSPS) is 20.5. The fourth-order valence-corrected chi connectivity index (χ4v) is 11.0. The number of imide groups is 1. The van der Waals surface area contributed by atoms with E-state index in [9.17, 15) is 23.6 Å².